The molecule has 0 radical (unpaired) electrons. The molecular weight excluding hydrogens is 298 g/mol. The van der Waals surface area contributed by atoms with Crippen molar-refractivity contribution in [2.75, 3.05) is 0 Å². The lowest BCUT2D eigenvalue weighted by molar-refractivity contribution is 0.143. The summed E-state index contributed by atoms with van der Waals surface area (Å²) in [6, 6.07) is 0. The molecule has 0 spiro atoms. The van der Waals surface area contributed by atoms with Crippen molar-refractivity contribution < 1.29 is 0 Å². The van der Waals surface area contributed by atoms with Crippen molar-refractivity contribution in [2.24, 2.45) is 23.2 Å². The third kappa shape index (κ3) is 2.87. The quantitative estimate of drug-likeness (QED) is 0.555. The highest BCUT2D eigenvalue weighted by molar-refractivity contribution is 7.07. The average Bonchev–Trinajstić information content (AvgIpc) is 3.26. The van der Waals surface area contributed by atoms with Gasteiger partial charge in [-0.2, -0.15) is 0 Å². The first-order chi connectivity index (χ1) is 11.3. The fourth-order valence-electron chi connectivity index (χ4n) is 5.31. The Kier molecular flexibility index (Phi) is 4.27. The number of aromatic nitrogens is 1. The summed E-state index contributed by atoms with van der Waals surface area (Å²) in [5.41, 5.74) is 5.59. The summed E-state index contributed by atoms with van der Waals surface area (Å²) in [5, 5.41) is 1.93. The second-order valence-corrected chi connectivity index (χ2v) is 8.54. The monoisotopic (exact) mass is 325 g/mol. The first-order valence-corrected chi connectivity index (χ1v) is 10.1. The van der Waals surface area contributed by atoms with Crippen molar-refractivity contribution in [3.05, 3.63) is 52.5 Å². The lowest BCUT2D eigenvalue weighted by atomic mass is 9.57. The van der Waals surface area contributed by atoms with Crippen LogP contribution in [0.15, 0.2) is 52.5 Å². The molecule has 1 aromatic heterocycles. The molecule has 4 aliphatic carbocycles. The number of nitrogens with zero attached hydrogens (tertiary/aromatic N) is 1. The Morgan fingerprint density at radius 3 is 2.91 bits per heavy atom. The highest BCUT2D eigenvalue weighted by Gasteiger charge is 2.44. The SMILES string of the molecule is C[C@@]12C=CC=C1C1=CCC3CCCC[C@@H]3[C@H]1CC2.c1cscn1. The Bertz CT molecular complexity index is 607. The Morgan fingerprint density at radius 2 is 2.13 bits per heavy atom. The van der Waals surface area contributed by atoms with E-state index in [0.29, 0.717) is 5.41 Å². The van der Waals surface area contributed by atoms with Gasteiger partial charge in [0.05, 0.1) is 5.51 Å². The highest BCUT2D eigenvalue weighted by Crippen LogP contribution is 2.56. The smallest absolute Gasteiger partial charge is 0.0791 e. The summed E-state index contributed by atoms with van der Waals surface area (Å²) in [5.74, 6) is 2.94. The summed E-state index contributed by atoms with van der Waals surface area (Å²) < 4.78 is 0. The van der Waals surface area contributed by atoms with E-state index in [1.54, 1.807) is 34.2 Å². The van der Waals surface area contributed by atoms with Crippen LogP contribution >= 0.6 is 11.3 Å². The van der Waals surface area contributed by atoms with E-state index in [2.05, 4.69) is 36.2 Å². The molecule has 5 rings (SSSR count). The fraction of sp³-hybridized carbons (Fsp3) is 0.571. The molecule has 0 aromatic carbocycles. The van der Waals surface area contributed by atoms with Gasteiger partial charge in [0.1, 0.15) is 0 Å². The summed E-state index contributed by atoms with van der Waals surface area (Å²) in [4.78, 5) is 3.74. The molecule has 0 bridgehead atoms. The molecular formula is C21H27NS. The minimum absolute atomic E-state index is 0.379. The second kappa shape index (κ2) is 6.39. The maximum Gasteiger partial charge on any atom is 0.0791 e. The Hall–Kier alpha value is -1.15. The second-order valence-electron chi connectivity index (χ2n) is 7.78. The molecule has 2 saturated carbocycles. The number of thiazole rings is 1. The molecule has 2 heteroatoms. The minimum Gasteiger partial charge on any atom is -0.253 e. The lowest BCUT2D eigenvalue weighted by Crippen LogP contribution is -2.37. The standard InChI is InChI=1S/C18H24.C3H3NS/c1-18-11-4-7-17(18)16-9-8-13-5-2-3-6-14(13)15(16)10-12-18;1-2-5-3-4-1/h4,7,9,11,13-15H,2-3,5-6,8,10,12H2,1H3;1-3H/t13?,14-,15+,18-;/m0./s1. The van der Waals surface area contributed by atoms with Gasteiger partial charge in [-0.15, -0.1) is 11.3 Å². The van der Waals surface area contributed by atoms with E-state index in [4.69, 9.17) is 0 Å². The summed E-state index contributed by atoms with van der Waals surface area (Å²) in [7, 11) is 0. The predicted molar refractivity (Wildman–Crippen MR) is 98.3 cm³/mol. The molecule has 122 valence electrons. The van der Waals surface area contributed by atoms with Crippen LogP contribution in [0, 0.1) is 23.2 Å². The van der Waals surface area contributed by atoms with Gasteiger partial charge in [-0.1, -0.05) is 44.1 Å². The highest BCUT2D eigenvalue weighted by atomic mass is 32.1. The van der Waals surface area contributed by atoms with Crippen LogP contribution in [0.2, 0.25) is 0 Å². The van der Waals surface area contributed by atoms with Crippen molar-refractivity contribution >= 4 is 11.3 Å². The van der Waals surface area contributed by atoms with Gasteiger partial charge in [-0.05, 0) is 61.0 Å². The normalized spacial score (nSPS) is 37.5. The maximum absolute atomic E-state index is 3.74. The number of hydrogen-bond donors (Lipinski definition) is 0. The van der Waals surface area contributed by atoms with E-state index in [0.717, 1.165) is 17.8 Å². The maximum atomic E-state index is 3.74. The number of allylic oxidation sites excluding steroid dienone is 6. The van der Waals surface area contributed by atoms with Gasteiger partial charge in [-0.3, -0.25) is 4.98 Å². The Labute approximate surface area is 144 Å². The average molecular weight is 326 g/mol. The zero-order chi connectivity index (χ0) is 15.7. The van der Waals surface area contributed by atoms with Crippen molar-refractivity contribution in [3.63, 3.8) is 0 Å². The van der Waals surface area contributed by atoms with Crippen molar-refractivity contribution in [2.45, 2.75) is 51.9 Å². The first-order valence-electron chi connectivity index (χ1n) is 9.20. The number of fused-ring (bicyclic) bond motifs is 5. The van der Waals surface area contributed by atoms with Gasteiger partial charge in [0, 0.05) is 17.0 Å². The molecule has 4 atom stereocenters. The van der Waals surface area contributed by atoms with Crippen molar-refractivity contribution in [1.82, 2.24) is 4.98 Å². The van der Waals surface area contributed by atoms with Crippen LogP contribution in [-0.4, -0.2) is 4.98 Å². The predicted octanol–water partition coefficient (Wildman–Crippen LogP) is 6.18. The van der Waals surface area contributed by atoms with Crippen molar-refractivity contribution in [3.8, 4) is 0 Å². The fourth-order valence-corrected chi connectivity index (χ4v) is 5.66. The molecule has 2 fully saturated rings. The third-order valence-electron chi connectivity index (χ3n) is 6.50. The van der Waals surface area contributed by atoms with E-state index < -0.39 is 0 Å². The van der Waals surface area contributed by atoms with Gasteiger partial charge in [0.2, 0.25) is 0 Å². The summed E-state index contributed by atoms with van der Waals surface area (Å²) in [6.45, 7) is 2.44. The number of rotatable bonds is 0. The molecule has 1 heterocycles. The molecule has 0 amide bonds. The van der Waals surface area contributed by atoms with E-state index in [9.17, 15) is 0 Å². The molecule has 0 saturated heterocycles. The van der Waals surface area contributed by atoms with Crippen LogP contribution in [0.5, 0.6) is 0 Å². The van der Waals surface area contributed by atoms with Gasteiger partial charge < -0.3 is 0 Å². The Balaban J connectivity index is 0.000000233. The van der Waals surface area contributed by atoms with Crippen LogP contribution in [0.25, 0.3) is 0 Å². The largest absolute Gasteiger partial charge is 0.253 e. The molecule has 0 aliphatic heterocycles. The van der Waals surface area contributed by atoms with Crippen LogP contribution < -0.4 is 0 Å². The summed E-state index contributed by atoms with van der Waals surface area (Å²) >= 11 is 1.60. The molecule has 4 aliphatic rings. The third-order valence-corrected chi connectivity index (χ3v) is 7.02. The molecule has 0 N–H and O–H groups in total. The molecule has 1 unspecified atom stereocenters. The van der Waals surface area contributed by atoms with Crippen LogP contribution in [0.1, 0.15) is 51.9 Å². The zero-order valence-corrected chi connectivity index (χ0v) is 14.9. The van der Waals surface area contributed by atoms with Gasteiger partial charge in [-0.25, -0.2) is 0 Å². The van der Waals surface area contributed by atoms with Gasteiger partial charge >= 0.3 is 0 Å². The van der Waals surface area contributed by atoms with E-state index >= 15 is 0 Å². The minimum atomic E-state index is 0.379. The van der Waals surface area contributed by atoms with Crippen LogP contribution in [0.3, 0.4) is 0 Å². The molecule has 1 nitrogen and oxygen atoms in total. The van der Waals surface area contributed by atoms with Crippen LogP contribution in [-0.2, 0) is 0 Å². The topological polar surface area (TPSA) is 12.9 Å². The number of hydrogen-bond acceptors (Lipinski definition) is 2. The lowest BCUT2D eigenvalue weighted by Gasteiger charge is -2.48. The van der Waals surface area contributed by atoms with E-state index in [1.165, 1.54) is 44.9 Å². The summed E-state index contributed by atoms with van der Waals surface area (Å²) in [6.07, 6.45) is 21.7. The van der Waals surface area contributed by atoms with E-state index in [-0.39, 0.29) is 0 Å². The molecule has 1 aromatic rings. The zero-order valence-electron chi connectivity index (χ0n) is 14.1. The van der Waals surface area contributed by atoms with Gasteiger partial charge in [0.15, 0.2) is 0 Å². The van der Waals surface area contributed by atoms with Crippen LogP contribution in [0.4, 0.5) is 0 Å². The van der Waals surface area contributed by atoms with Gasteiger partial charge in [0.25, 0.3) is 0 Å². The first kappa shape index (κ1) is 15.4. The Morgan fingerprint density at radius 1 is 1.22 bits per heavy atom. The molecule has 23 heavy (non-hydrogen) atoms. The van der Waals surface area contributed by atoms with E-state index in [1.807, 2.05) is 5.38 Å². The van der Waals surface area contributed by atoms with Crippen molar-refractivity contribution in [1.29, 1.82) is 0 Å².